The summed E-state index contributed by atoms with van der Waals surface area (Å²) in [6.45, 7) is 6.36. The SMILES string of the molecule is Cc1noc(C)c1NC(=O)Nc1ccc2c(c1)C(=O)N(C)[C@H]1CC[C@H](CC(=O)N[C@@H]3CCN(Cc4ccccc4)C3)O[C@@H]1CO2. The van der Waals surface area contributed by atoms with Crippen molar-refractivity contribution in [3.8, 4) is 5.75 Å². The molecule has 0 unspecified atom stereocenters. The molecule has 2 aromatic carbocycles. The Balaban J connectivity index is 1.02. The average Bonchev–Trinajstić information content (AvgIpc) is 3.60. The summed E-state index contributed by atoms with van der Waals surface area (Å²) in [4.78, 5) is 43.3. The Bertz CT molecular complexity index is 1520. The van der Waals surface area contributed by atoms with Crippen molar-refractivity contribution in [2.75, 3.05) is 37.4 Å². The number of hydrogen-bond acceptors (Lipinski definition) is 8. The molecule has 0 bridgehead atoms. The van der Waals surface area contributed by atoms with Crippen molar-refractivity contribution >= 4 is 29.2 Å². The molecule has 2 saturated heterocycles. The first-order valence-electron chi connectivity index (χ1n) is 15.5. The van der Waals surface area contributed by atoms with Gasteiger partial charge in [-0.15, -0.1) is 0 Å². The quantitative estimate of drug-likeness (QED) is 0.361. The number of benzene rings is 2. The van der Waals surface area contributed by atoms with Crippen LogP contribution in [0.1, 0.15) is 53.1 Å². The number of urea groups is 1. The van der Waals surface area contributed by atoms with Gasteiger partial charge in [-0.25, -0.2) is 4.79 Å². The first-order valence-corrected chi connectivity index (χ1v) is 15.5. The van der Waals surface area contributed by atoms with Crippen molar-refractivity contribution < 1.29 is 28.4 Å². The zero-order valence-electron chi connectivity index (χ0n) is 25.9. The number of ether oxygens (including phenoxy) is 2. The maximum atomic E-state index is 13.6. The second kappa shape index (κ2) is 13.3. The number of nitrogens with zero attached hydrogens (tertiary/aromatic N) is 3. The predicted molar refractivity (Wildman–Crippen MR) is 167 cm³/mol. The number of aromatic nitrogens is 1. The highest BCUT2D eigenvalue weighted by Gasteiger charge is 2.39. The van der Waals surface area contributed by atoms with Gasteiger partial charge in [0, 0.05) is 38.4 Å². The van der Waals surface area contributed by atoms with Crippen LogP contribution in [0.25, 0.3) is 0 Å². The van der Waals surface area contributed by atoms with Crippen LogP contribution in [0.4, 0.5) is 16.2 Å². The van der Waals surface area contributed by atoms with Gasteiger partial charge in [0.15, 0.2) is 5.76 Å². The lowest BCUT2D eigenvalue weighted by molar-refractivity contribution is -0.134. The van der Waals surface area contributed by atoms with E-state index in [1.165, 1.54) is 5.56 Å². The Morgan fingerprint density at radius 1 is 1.04 bits per heavy atom. The van der Waals surface area contributed by atoms with Crippen molar-refractivity contribution in [1.29, 1.82) is 0 Å². The third-order valence-corrected chi connectivity index (χ3v) is 8.84. The van der Waals surface area contributed by atoms with Gasteiger partial charge in [-0.05, 0) is 56.9 Å². The number of likely N-dealkylation sites (tertiary alicyclic amines) is 1. The van der Waals surface area contributed by atoms with Crippen molar-refractivity contribution in [1.82, 2.24) is 20.3 Å². The zero-order chi connectivity index (χ0) is 31.5. The highest BCUT2D eigenvalue weighted by Crippen LogP contribution is 2.33. The van der Waals surface area contributed by atoms with Gasteiger partial charge in [-0.3, -0.25) is 14.5 Å². The van der Waals surface area contributed by atoms with Gasteiger partial charge in [0.1, 0.15) is 29.8 Å². The summed E-state index contributed by atoms with van der Waals surface area (Å²) in [5.41, 5.74) is 3.14. The van der Waals surface area contributed by atoms with Crippen LogP contribution in [0.5, 0.6) is 5.75 Å². The monoisotopic (exact) mass is 616 g/mol. The minimum atomic E-state index is -0.481. The number of nitrogens with one attached hydrogen (secondary N) is 3. The molecule has 238 valence electrons. The lowest BCUT2D eigenvalue weighted by Crippen LogP contribution is -2.54. The number of hydrogen-bond donors (Lipinski definition) is 3. The van der Waals surface area contributed by atoms with Gasteiger partial charge in [0.25, 0.3) is 5.91 Å². The zero-order valence-corrected chi connectivity index (χ0v) is 25.9. The van der Waals surface area contributed by atoms with Gasteiger partial charge in [0.05, 0.1) is 24.1 Å². The Morgan fingerprint density at radius 3 is 2.64 bits per heavy atom. The largest absolute Gasteiger partial charge is 0.490 e. The van der Waals surface area contributed by atoms with Crippen LogP contribution in [0.15, 0.2) is 53.1 Å². The molecule has 2 fully saturated rings. The van der Waals surface area contributed by atoms with Crippen LogP contribution in [0.2, 0.25) is 0 Å². The molecule has 4 heterocycles. The molecule has 1 aromatic heterocycles. The van der Waals surface area contributed by atoms with Crippen molar-refractivity contribution in [3.05, 3.63) is 71.1 Å². The Labute approximate surface area is 262 Å². The number of amides is 4. The summed E-state index contributed by atoms with van der Waals surface area (Å²) >= 11 is 0. The first-order chi connectivity index (χ1) is 21.7. The number of carbonyl (C=O) groups excluding carboxylic acids is 3. The number of aryl methyl sites for hydroxylation is 2. The highest BCUT2D eigenvalue weighted by atomic mass is 16.5. The number of fused-ring (bicyclic) bond motifs is 2. The van der Waals surface area contributed by atoms with Gasteiger partial charge in [0.2, 0.25) is 5.91 Å². The molecule has 3 aliphatic rings. The van der Waals surface area contributed by atoms with Crippen LogP contribution in [-0.2, 0) is 16.1 Å². The molecular formula is C33H40N6O6. The van der Waals surface area contributed by atoms with E-state index in [9.17, 15) is 14.4 Å². The summed E-state index contributed by atoms with van der Waals surface area (Å²) in [6.07, 6.45) is 1.94. The molecule has 12 heteroatoms. The maximum absolute atomic E-state index is 13.6. The number of rotatable bonds is 7. The number of likely N-dealkylation sites (N-methyl/N-ethyl adjacent to an activating group) is 1. The van der Waals surface area contributed by atoms with Crippen LogP contribution < -0.4 is 20.7 Å². The lowest BCUT2D eigenvalue weighted by Gasteiger charge is -2.42. The number of anilines is 2. The summed E-state index contributed by atoms with van der Waals surface area (Å²) in [6, 6.07) is 14.8. The van der Waals surface area contributed by atoms with Crippen LogP contribution in [0.3, 0.4) is 0 Å². The molecule has 0 spiro atoms. The summed E-state index contributed by atoms with van der Waals surface area (Å²) < 4.78 is 17.6. The second-order valence-electron chi connectivity index (χ2n) is 12.1. The molecular weight excluding hydrogens is 576 g/mol. The molecule has 4 atom stereocenters. The molecule has 0 saturated carbocycles. The summed E-state index contributed by atoms with van der Waals surface area (Å²) in [5.74, 6) is 0.671. The molecule has 3 aliphatic heterocycles. The van der Waals surface area contributed by atoms with E-state index in [4.69, 9.17) is 14.0 Å². The van der Waals surface area contributed by atoms with Crippen molar-refractivity contribution in [2.24, 2.45) is 0 Å². The van der Waals surface area contributed by atoms with Gasteiger partial charge in [-0.2, -0.15) is 0 Å². The van der Waals surface area contributed by atoms with E-state index in [0.29, 0.717) is 47.0 Å². The Morgan fingerprint density at radius 2 is 1.87 bits per heavy atom. The fourth-order valence-electron chi connectivity index (χ4n) is 6.47. The van der Waals surface area contributed by atoms with E-state index < -0.39 is 6.03 Å². The third kappa shape index (κ3) is 7.12. The average molecular weight is 617 g/mol. The molecule has 45 heavy (non-hydrogen) atoms. The molecule has 12 nitrogen and oxygen atoms in total. The molecule has 3 N–H and O–H groups in total. The lowest BCUT2D eigenvalue weighted by atomic mass is 9.94. The normalized spacial score (nSPS) is 23.3. The predicted octanol–water partition coefficient (Wildman–Crippen LogP) is 4.10. The topological polar surface area (TPSA) is 138 Å². The fraction of sp³-hybridized carbons (Fsp3) is 0.455. The molecule has 3 aromatic rings. The minimum absolute atomic E-state index is 0.00929. The summed E-state index contributed by atoms with van der Waals surface area (Å²) in [7, 11) is 1.76. The standard InChI is InChI=1S/C33H40N6O6/c1-20-31(21(2)45-37-20)36-33(42)35-23-9-12-28-26(15-23)32(41)38(3)27-11-10-25(44-29(27)19-43-28)16-30(40)34-24-13-14-39(18-24)17-22-7-5-4-6-8-22/h4-9,12,15,24-25,27,29H,10-11,13-14,16-19H2,1-3H3,(H,34,40)(H2,35,36,42)/t24-,25-,27+,29-/m1/s1. The van der Waals surface area contributed by atoms with Crippen LogP contribution >= 0.6 is 0 Å². The first kappa shape index (κ1) is 30.6. The van der Waals surface area contributed by atoms with Gasteiger partial charge >= 0.3 is 6.03 Å². The van der Waals surface area contributed by atoms with E-state index in [2.05, 4.69) is 38.1 Å². The van der Waals surface area contributed by atoms with E-state index >= 15 is 0 Å². The fourth-order valence-corrected chi connectivity index (χ4v) is 6.47. The molecule has 0 aliphatic carbocycles. The van der Waals surface area contributed by atoms with Crippen LogP contribution in [0, 0.1) is 13.8 Å². The highest BCUT2D eigenvalue weighted by molar-refractivity contribution is 6.03. The minimum Gasteiger partial charge on any atom is -0.490 e. The molecule has 4 amide bonds. The van der Waals surface area contributed by atoms with E-state index in [1.807, 2.05) is 18.2 Å². The van der Waals surface area contributed by atoms with E-state index in [-0.39, 0.29) is 49.1 Å². The van der Waals surface area contributed by atoms with Crippen molar-refractivity contribution in [2.45, 2.75) is 70.4 Å². The summed E-state index contributed by atoms with van der Waals surface area (Å²) in [5, 5.41) is 12.5. The van der Waals surface area contributed by atoms with E-state index in [1.54, 1.807) is 44.0 Å². The molecule has 6 rings (SSSR count). The Hall–Kier alpha value is -4.42. The maximum Gasteiger partial charge on any atom is 0.323 e. The van der Waals surface area contributed by atoms with Crippen LogP contribution in [-0.4, -0.2) is 83.8 Å². The van der Waals surface area contributed by atoms with Gasteiger partial charge < -0.3 is 34.8 Å². The third-order valence-electron chi connectivity index (χ3n) is 8.84. The second-order valence-corrected chi connectivity index (χ2v) is 12.1. The van der Waals surface area contributed by atoms with Crippen molar-refractivity contribution in [3.63, 3.8) is 0 Å². The molecule has 0 radical (unpaired) electrons. The number of carbonyl (C=O) groups is 3. The van der Waals surface area contributed by atoms with Gasteiger partial charge in [-0.1, -0.05) is 35.5 Å². The Kier molecular flexibility index (Phi) is 9.04. The smallest absolute Gasteiger partial charge is 0.323 e. The van der Waals surface area contributed by atoms with E-state index in [0.717, 1.165) is 26.1 Å².